The van der Waals surface area contributed by atoms with Crippen LogP contribution in [0, 0.1) is 13.8 Å². The highest BCUT2D eigenvalue weighted by Crippen LogP contribution is 2.27. The summed E-state index contributed by atoms with van der Waals surface area (Å²) in [4.78, 5) is 13.9. The summed E-state index contributed by atoms with van der Waals surface area (Å²) >= 11 is 0. The summed E-state index contributed by atoms with van der Waals surface area (Å²) in [6.45, 7) is 9.62. The summed E-state index contributed by atoms with van der Waals surface area (Å²) < 4.78 is 45.0. The number of aryl methyl sites for hydroxylation is 3. The normalized spacial score (nSPS) is 22.1. The van der Waals surface area contributed by atoms with Gasteiger partial charge in [0.2, 0.25) is 0 Å². The number of fused-ring (bicyclic) bond motifs is 1. The zero-order chi connectivity index (χ0) is 22.8. The van der Waals surface area contributed by atoms with E-state index in [0.717, 1.165) is 50.8 Å². The lowest BCUT2D eigenvalue weighted by Crippen LogP contribution is -2.50. The molecule has 172 valence electrons. The number of carboxylic acid groups (broad SMARTS) is 1. The number of alkyl halides is 3. The number of aromatic nitrogens is 3. The van der Waals surface area contributed by atoms with Crippen molar-refractivity contribution in [3.05, 3.63) is 35.0 Å². The van der Waals surface area contributed by atoms with Crippen LogP contribution in [-0.4, -0.2) is 80.4 Å². The molecule has 2 aliphatic rings. The van der Waals surface area contributed by atoms with Crippen molar-refractivity contribution in [3.63, 3.8) is 0 Å². The number of aliphatic carboxylic acids is 1. The van der Waals surface area contributed by atoms with Gasteiger partial charge in [-0.3, -0.25) is 14.5 Å². The summed E-state index contributed by atoms with van der Waals surface area (Å²) in [6, 6.07) is 0.434. The number of ether oxygens (including phenoxy) is 1. The van der Waals surface area contributed by atoms with E-state index >= 15 is 0 Å². The average molecular weight is 445 g/mol. The van der Waals surface area contributed by atoms with Crippen molar-refractivity contribution in [1.82, 2.24) is 24.7 Å². The Morgan fingerprint density at radius 3 is 2.55 bits per heavy atom. The van der Waals surface area contributed by atoms with E-state index in [-0.39, 0.29) is 6.10 Å². The predicted octanol–water partition coefficient (Wildman–Crippen LogP) is 1.74. The van der Waals surface area contributed by atoms with Gasteiger partial charge in [-0.05, 0) is 13.8 Å². The van der Waals surface area contributed by atoms with Gasteiger partial charge in [0.25, 0.3) is 0 Å². The first kappa shape index (κ1) is 23.2. The lowest BCUT2D eigenvalue weighted by molar-refractivity contribution is -0.192. The van der Waals surface area contributed by atoms with Gasteiger partial charge in [0.1, 0.15) is 5.76 Å². The quantitative estimate of drug-likeness (QED) is 0.760. The van der Waals surface area contributed by atoms with Gasteiger partial charge in [-0.15, -0.1) is 0 Å². The Labute approximate surface area is 177 Å². The highest BCUT2D eigenvalue weighted by atomic mass is 19.4. The molecule has 2 aromatic rings. The molecule has 0 radical (unpaired) electrons. The Bertz CT molecular complexity index is 878. The van der Waals surface area contributed by atoms with Crippen molar-refractivity contribution < 1.29 is 32.3 Å². The third-order valence-electron chi connectivity index (χ3n) is 5.44. The first-order valence-corrected chi connectivity index (χ1v) is 9.82. The van der Waals surface area contributed by atoms with Gasteiger partial charge in [-0.2, -0.15) is 18.3 Å². The molecule has 0 bridgehead atoms. The van der Waals surface area contributed by atoms with Crippen LogP contribution in [-0.2, 0) is 29.7 Å². The van der Waals surface area contributed by atoms with Crippen LogP contribution < -0.4 is 0 Å². The Morgan fingerprint density at radius 1 is 1.29 bits per heavy atom. The molecule has 2 aliphatic heterocycles. The minimum atomic E-state index is -5.08. The van der Waals surface area contributed by atoms with Crippen LogP contribution in [0.2, 0.25) is 0 Å². The third-order valence-corrected chi connectivity index (χ3v) is 5.44. The van der Waals surface area contributed by atoms with Gasteiger partial charge in [0.15, 0.2) is 0 Å². The number of morpholine rings is 1. The molecule has 2 fully saturated rings. The number of carbonyl (C=O) groups is 1. The predicted molar refractivity (Wildman–Crippen MR) is 102 cm³/mol. The monoisotopic (exact) mass is 445 g/mol. The molecule has 0 amide bonds. The van der Waals surface area contributed by atoms with Crippen molar-refractivity contribution in [1.29, 1.82) is 0 Å². The first-order valence-electron chi connectivity index (χ1n) is 9.82. The van der Waals surface area contributed by atoms with E-state index in [2.05, 4.69) is 26.3 Å². The van der Waals surface area contributed by atoms with Crippen molar-refractivity contribution in [2.75, 3.05) is 26.2 Å². The summed E-state index contributed by atoms with van der Waals surface area (Å²) in [5.74, 6) is -1.83. The fourth-order valence-electron chi connectivity index (χ4n) is 3.90. The van der Waals surface area contributed by atoms with Crippen molar-refractivity contribution in [2.24, 2.45) is 7.05 Å². The maximum Gasteiger partial charge on any atom is 0.490 e. The molecule has 2 atom stereocenters. The van der Waals surface area contributed by atoms with Crippen molar-refractivity contribution >= 4 is 5.97 Å². The molecule has 0 saturated carbocycles. The number of hydrogen-bond acceptors (Lipinski definition) is 7. The molecular weight excluding hydrogens is 419 g/mol. The number of rotatable bonds is 4. The average Bonchev–Trinajstić information content (AvgIpc) is 3.37. The Balaban J connectivity index is 0.000000339. The van der Waals surface area contributed by atoms with Crippen molar-refractivity contribution in [3.8, 4) is 0 Å². The van der Waals surface area contributed by atoms with Gasteiger partial charge < -0.3 is 14.4 Å². The van der Waals surface area contributed by atoms with Crippen LogP contribution in [0.1, 0.15) is 22.6 Å². The maximum absolute atomic E-state index is 10.6. The van der Waals surface area contributed by atoms with E-state index in [1.54, 1.807) is 0 Å². The fourth-order valence-corrected chi connectivity index (χ4v) is 3.90. The Morgan fingerprint density at radius 2 is 2.00 bits per heavy atom. The molecule has 31 heavy (non-hydrogen) atoms. The van der Waals surface area contributed by atoms with Crippen molar-refractivity contribution in [2.45, 2.75) is 45.3 Å². The number of likely N-dealkylation sites (tertiary alicyclic amines) is 1. The molecule has 4 rings (SSSR count). The molecule has 2 aromatic heterocycles. The van der Waals surface area contributed by atoms with Crippen LogP contribution in [0.15, 0.2) is 16.9 Å². The topological polar surface area (TPSA) is 96.9 Å². The lowest BCUT2D eigenvalue weighted by atomic mass is 10.1. The van der Waals surface area contributed by atoms with E-state index < -0.39 is 12.1 Å². The lowest BCUT2D eigenvalue weighted by Gasteiger charge is -2.36. The second-order valence-corrected chi connectivity index (χ2v) is 7.77. The summed E-state index contributed by atoms with van der Waals surface area (Å²) in [5, 5.41) is 15.5. The molecule has 9 nitrogen and oxygen atoms in total. The minimum Gasteiger partial charge on any atom is -0.475 e. The van der Waals surface area contributed by atoms with E-state index in [1.807, 2.05) is 31.8 Å². The van der Waals surface area contributed by atoms with Gasteiger partial charge in [0.05, 0.1) is 30.6 Å². The number of nitrogens with zero attached hydrogens (tertiary/aromatic N) is 5. The van der Waals surface area contributed by atoms with E-state index in [4.69, 9.17) is 19.2 Å². The largest absolute Gasteiger partial charge is 0.490 e. The summed E-state index contributed by atoms with van der Waals surface area (Å²) in [5.41, 5.74) is 3.48. The van der Waals surface area contributed by atoms with E-state index in [9.17, 15) is 13.2 Å². The maximum atomic E-state index is 10.6. The van der Waals surface area contributed by atoms with Gasteiger partial charge in [-0.1, -0.05) is 5.16 Å². The Hall–Kier alpha value is -2.44. The van der Waals surface area contributed by atoms with Crippen LogP contribution in [0.5, 0.6) is 0 Å². The number of hydrogen-bond donors (Lipinski definition) is 1. The van der Waals surface area contributed by atoms with Crippen LogP contribution in [0.25, 0.3) is 0 Å². The smallest absolute Gasteiger partial charge is 0.475 e. The highest BCUT2D eigenvalue weighted by Gasteiger charge is 2.40. The first-order chi connectivity index (χ1) is 14.5. The third kappa shape index (κ3) is 5.83. The van der Waals surface area contributed by atoms with Gasteiger partial charge in [-0.25, -0.2) is 4.79 Å². The second kappa shape index (κ2) is 9.37. The van der Waals surface area contributed by atoms with E-state index in [1.165, 1.54) is 11.1 Å². The summed E-state index contributed by atoms with van der Waals surface area (Å²) in [7, 11) is 1.96. The number of halogens is 3. The second-order valence-electron chi connectivity index (χ2n) is 7.77. The zero-order valence-electron chi connectivity index (χ0n) is 17.6. The molecular formula is C19H26F3N5O4. The van der Waals surface area contributed by atoms with Gasteiger partial charge >= 0.3 is 12.1 Å². The molecule has 0 unspecified atom stereocenters. The SMILES string of the molecule is Cc1noc(C)c1CN1CCO[C@H]2CN(Cc3cnn(C)c3)C[C@H]21.O=C(O)C(F)(F)F. The molecule has 4 heterocycles. The number of carboxylic acids is 1. The fraction of sp³-hybridized carbons (Fsp3) is 0.632. The minimum absolute atomic E-state index is 0.288. The molecule has 12 heteroatoms. The molecule has 0 aromatic carbocycles. The summed E-state index contributed by atoms with van der Waals surface area (Å²) in [6.07, 6.45) is -0.759. The zero-order valence-corrected chi connectivity index (χ0v) is 17.6. The molecule has 2 saturated heterocycles. The van der Waals surface area contributed by atoms with E-state index in [0.29, 0.717) is 6.04 Å². The Kier molecular flexibility index (Phi) is 7.02. The molecule has 0 spiro atoms. The molecule has 1 N–H and O–H groups in total. The van der Waals surface area contributed by atoms with Gasteiger partial charge in [0, 0.05) is 57.1 Å². The van der Waals surface area contributed by atoms with Crippen LogP contribution in [0.3, 0.4) is 0 Å². The van der Waals surface area contributed by atoms with Crippen LogP contribution in [0.4, 0.5) is 13.2 Å². The highest BCUT2D eigenvalue weighted by molar-refractivity contribution is 5.73. The molecule has 0 aliphatic carbocycles. The standard InChI is InChI=1S/C17H25N5O2.C2HF3O2/c1-12-15(13(2)24-19-12)9-22-4-5-23-17-11-21(10-16(17)22)8-14-6-18-20(3)7-14;3-2(4,5)1(6)7/h6-7,16-17H,4-5,8-11H2,1-3H3;(H,6,7)/t16-,17+;/m1./s1. The van der Waals surface area contributed by atoms with Crippen LogP contribution >= 0.6 is 0 Å².